The highest BCUT2D eigenvalue weighted by atomic mass is 32.1. The number of amides is 1. The quantitative estimate of drug-likeness (QED) is 0.400. The molecular formula is C27H27N3O3S. The zero-order chi connectivity index (χ0) is 23.5. The predicted molar refractivity (Wildman–Crippen MR) is 137 cm³/mol. The van der Waals surface area contributed by atoms with Gasteiger partial charge in [-0.05, 0) is 41.8 Å². The maximum absolute atomic E-state index is 13.1. The van der Waals surface area contributed by atoms with Crippen molar-refractivity contribution >= 4 is 32.6 Å². The minimum Gasteiger partial charge on any atom is -0.495 e. The van der Waals surface area contributed by atoms with Crippen molar-refractivity contribution in [3.63, 3.8) is 0 Å². The molecule has 174 valence electrons. The van der Waals surface area contributed by atoms with E-state index in [4.69, 9.17) is 14.5 Å². The highest BCUT2D eigenvalue weighted by Gasteiger charge is 2.25. The number of piperazine rings is 1. The maximum Gasteiger partial charge on any atom is 0.253 e. The number of aromatic nitrogens is 1. The Hall–Kier alpha value is -3.58. The number of carbonyl (C=O) groups excluding carboxylic acids is 1. The minimum absolute atomic E-state index is 0.0820. The molecule has 7 heteroatoms. The Kier molecular flexibility index (Phi) is 6.36. The Labute approximate surface area is 203 Å². The molecule has 1 aliphatic heterocycles. The van der Waals surface area contributed by atoms with Crippen molar-refractivity contribution in [1.82, 2.24) is 9.88 Å². The van der Waals surface area contributed by atoms with E-state index in [-0.39, 0.29) is 5.91 Å². The first-order valence-corrected chi connectivity index (χ1v) is 12.2. The summed E-state index contributed by atoms with van der Waals surface area (Å²) in [4.78, 5) is 22.1. The maximum atomic E-state index is 13.1. The van der Waals surface area contributed by atoms with Crippen LogP contribution in [0.4, 0.5) is 5.13 Å². The van der Waals surface area contributed by atoms with Crippen LogP contribution in [0.5, 0.6) is 11.5 Å². The molecule has 2 heterocycles. The van der Waals surface area contributed by atoms with E-state index in [1.54, 1.807) is 25.6 Å². The van der Waals surface area contributed by atoms with Crippen molar-refractivity contribution in [2.45, 2.75) is 6.42 Å². The molecule has 0 radical (unpaired) electrons. The van der Waals surface area contributed by atoms with Gasteiger partial charge in [0.15, 0.2) is 5.13 Å². The van der Waals surface area contributed by atoms with Gasteiger partial charge in [-0.15, -0.1) is 0 Å². The highest BCUT2D eigenvalue weighted by molar-refractivity contribution is 7.22. The highest BCUT2D eigenvalue weighted by Crippen LogP contribution is 2.40. The first-order valence-electron chi connectivity index (χ1n) is 11.3. The topological polar surface area (TPSA) is 54.9 Å². The van der Waals surface area contributed by atoms with Gasteiger partial charge in [0.1, 0.15) is 21.7 Å². The molecule has 34 heavy (non-hydrogen) atoms. The summed E-state index contributed by atoms with van der Waals surface area (Å²) in [5.74, 6) is 1.62. The van der Waals surface area contributed by atoms with Crippen molar-refractivity contribution in [2.24, 2.45) is 0 Å². The molecule has 1 amide bonds. The van der Waals surface area contributed by atoms with Gasteiger partial charge in [0, 0.05) is 31.7 Å². The Morgan fingerprint density at radius 3 is 2.18 bits per heavy atom. The van der Waals surface area contributed by atoms with Gasteiger partial charge in [-0.2, -0.15) is 0 Å². The molecule has 3 aromatic carbocycles. The van der Waals surface area contributed by atoms with Gasteiger partial charge < -0.3 is 19.3 Å². The third-order valence-corrected chi connectivity index (χ3v) is 7.32. The number of methoxy groups -OCH3 is 2. The molecule has 0 spiro atoms. The number of nitrogens with zero attached hydrogens (tertiary/aromatic N) is 3. The van der Waals surface area contributed by atoms with Gasteiger partial charge in [0.05, 0.1) is 14.2 Å². The van der Waals surface area contributed by atoms with Crippen LogP contribution in [0.25, 0.3) is 10.2 Å². The van der Waals surface area contributed by atoms with E-state index >= 15 is 0 Å². The fourth-order valence-electron chi connectivity index (χ4n) is 4.29. The van der Waals surface area contributed by atoms with Crippen LogP contribution in [0.15, 0.2) is 66.7 Å². The predicted octanol–water partition coefficient (Wildman–Crippen LogP) is 4.87. The van der Waals surface area contributed by atoms with Crippen LogP contribution >= 0.6 is 11.3 Å². The van der Waals surface area contributed by atoms with Crippen LogP contribution in [0.1, 0.15) is 21.5 Å². The molecule has 0 unspecified atom stereocenters. The Morgan fingerprint density at radius 2 is 1.50 bits per heavy atom. The van der Waals surface area contributed by atoms with Gasteiger partial charge in [0.25, 0.3) is 5.91 Å². The molecular weight excluding hydrogens is 446 g/mol. The average Bonchev–Trinajstić information content (AvgIpc) is 3.35. The van der Waals surface area contributed by atoms with Crippen molar-refractivity contribution in [3.8, 4) is 11.5 Å². The van der Waals surface area contributed by atoms with Crippen molar-refractivity contribution in [3.05, 3.63) is 83.4 Å². The molecule has 1 aliphatic rings. The van der Waals surface area contributed by atoms with Gasteiger partial charge in [-0.25, -0.2) is 4.98 Å². The standard InChI is InChI=1S/C27H27N3O3S/c1-32-22-12-13-23(33-2)25-24(22)28-27(34-25)30-16-14-29(15-17-30)26(31)21-10-8-20(9-11-21)18-19-6-4-3-5-7-19/h3-13H,14-18H2,1-2H3. The number of benzene rings is 3. The van der Waals surface area contributed by atoms with Gasteiger partial charge >= 0.3 is 0 Å². The Morgan fingerprint density at radius 1 is 0.853 bits per heavy atom. The van der Waals surface area contributed by atoms with E-state index in [1.165, 1.54) is 11.1 Å². The van der Waals surface area contributed by atoms with Crippen LogP contribution in [0, 0.1) is 0 Å². The largest absolute Gasteiger partial charge is 0.495 e. The van der Waals surface area contributed by atoms with E-state index in [1.807, 2.05) is 47.4 Å². The zero-order valence-corrected chi connectivity index (χ0v) is 20.2. The Bertz CT molecular complexity index is 1240. The lowest BCUT2D eigenvalue weighted by atomic mass is 10.0. The number of thiazole rings is 1. The van der Waals surface area contributed by atoms with Crippen molar-refractivity contribution in [2.75, 3.05) is 45.3 Å². The summed E-state index contributed by atoms with van der Waals surface area (Å²) in [7, 11) is 3.32. The van der Waals surface area contributed by atoms with E-state index < -0.39 is 0 Å². The first-order chi connectivity index (χ1) is 16.7. The zero-order valence-electron chi connectivity index (χ0n) is 19.4. The number of carbonyl (C=O) groups is 1. The summed E-state index contributed by atoms with van der Waals surface area (Å²) in [5, 5.41) is 0.926. The summed E-state index contributed by atoms with van der Waals surface area (Å²) in [6, 6.07) is 22.1. The van der Waals surface area contributed by atoms with Gasteiger partial charge in [-0.3, -0.25) is 4.79 Å². The minimum atomic E-state index is 0.0820. The van der Waals surface area contributed by atoms with Crippen LogP contribution in [0.3, 0.4) is 0 Å². The molecule has 0 atom stereocenters. The van der Waals surface area contributed by atoms with Crippen molar-refractivity contribution < 1.29 is 14.3 Å². The normalized spacial score (nSPS) is 13.8. The lowest BCUT2D eigenvalue weighted by Gasteiger charge is -2.34. The average molecular weight is 474 g/mol. The fourth-order valence-corrected chi connectivity index (χ4v) is 5.42. The number of rotatable bonds is 6. The van der Waals surface area contributed by atoms with Crippen LogP contribution in [-0.2, 0) is 6.42 Å². The molecule has 1 saturated heterocycles. The summed E-state index contributed by atoms with van der Waals surface area (Å²) in [6.07, 6.45) is 0.867. The lowest BCUT2D eigenvalue weighted by molar-refractivity contribution is 0.0747. The van der Waals surface area contributed by atoms with E-state index in [0.717, 1.165) is 51.9 Å². The molecule has 1 fully saturated rings. The summed E-state index contributed by atoms with van der Waals surface area (Å²) in [5.41, 5.74) is 4.02. The third-order valence-electron chi connectivity index (χ3n) is 6.19. The second-order valence-electron chi connectivity index (χ2n) is 8.28. The summed E-state index contributed by atoms with van der Waals surface area (Å²) >= 11 is 1.60. The number of hydrogen-bond acceptors (Lipinski definition) is 6. The molecule has 0 N–H and O–H groups in total. The lowest BCUT2D eigenvalue weighted by Crippen LogP contribution is -2.48. The van der Waals surface area contributed by atoms with Gasteiger partial charge in [0.2, 0.25) is 0 Å². The number of ether oxygens (including phenoxy) is 2. The van der Waals surface area contributed by atoms with Crippen LogP contribution in [0.2, 0.25) is 0 Å². The molecule has 1 aromatic heterocycles. The fraction of sp³-hybridized carbons (Fsp3) is 0.259. The summed E-state index contributed by atoms with van der Waals surface area (Å²) in [6.45, 7) is 2.80. The second kappa shape index (κ2) is 9.73. The molecule has 0 bridgehead atoms. The number of fused-ring (bicyclic) bond motifs is 1. The molecule has 5 rings (SSSR count). The smallest absolute Gasteiger partial charge is 0.253 e. The van der Waals surface area contributed by atoms with Crippen molar-refractivity contribution in [1.29, 1.82) is 0 Å². The molecule has 0 saturated carbocycles. The van der Waals surface area contributed by atoms with E-state index in [9.17, 15) is 4.79 Å². The second-order valence-corrected chi connectivity index (χ2v) is 9.26. The SMILES string of the molecule is COc1ccc(OC)c2sc(N3CCN(C(=O)c4ccc(Cc5ccccc5)cc4)CC3)nc12. The Balaban J connectivity index is 1.24. The number of hydrogen-bond donors (Lipinski definition) is 0. The van der Waals surface area contributed by atoms with Crippen LogP contribution in [-0.4, -0.2) is 56.2 Å². The number of anilines is 1. The molecule has 0 aliphatic carbocycles. The third kappa shape index (κ3) is 4.43. The van der Waals surface area contributed by atoms with E-state index in [2.05, 4.69) is 29.2 Å². The molecule has 6 nitrogen and oxygen atoms in total. The van der Waals surface area contributed by atoms with Gasteiger partial charge in [-0.1, -0.05) is 53.8 Å². The monoisotopic (exact) mass is 473 g/mol. The first kappa shape index (κ1) is 22.2. The van der Waals surface area contributed by atoms with Crippen LogP contribution < -0.4 is 14.4 Å². The molecule has 4 aromatic rings. The van der Waals surface area contributed by atoms with E-state index in [0.29, 0.717) is 13.1 Å². The summed E-state index contributed by atoms with van der Waals surface area (Å²) < 4.78 is 12.0.